The third-order valence-corrected chi connectivity index (χ3v) is 6.97. The van der Waals surface area contributed by atoms with Crippen molar-refractivity contribution in [3.8, 4) is 11.1 Å². The third-order valence-electron chi connectivity index (χ3n) is 5.07. The van der Waals surface area contributed by atoms with Crippen molar-refractivity contribution in [2.75, 3.05) is 12.8 Å². The van der Waals surface area contributed by atoms with Crippen LogP contribution in [0.4, 0.5) is 8.78 Å². The van der Waals surface area contributed by atoms with Crippen molar-refractivity contribution in [3.05, 3.63) is 54.1 Å². The zero-order valence-electron chi connectivity index (χ0n) is 14.9. The molecular formula is C20H21F2NO3S. The van der Waals surface area contributed by atoms with Crippen LogP contribution in [-0.4, -0.2) is 27.1 Å². The average Bonchev–Trinajstić information content (AvgIpc) is 3.09. The fourth-order valence-electron chi connectivity index (χ4n) is 3.64. The summed E-state index contributed by atoms with van der Waals surface area (Å²) in [6, 6.07) is 9.20. The van der Waals surface area contributed by atoms with Gasteiger partial charge in [-0.2, -0.15) is 0 Å². The van der Waals surface area contributed by atoms with Crippen LogP contribution >= 0.6 is 0 Å². The van der Waals surface area contributed by atoms with E-state index in [4.69, 9.17) is 0 Å². The van der Waals surface area contributed by atoms with E-state index in [1.165, 1.54) is 30.3 Å². The minimum atomic E-state index is -3.50. The average molecular weight is 393 g/mol. The standard InChI is InChI=1S/C20H21F2NO3S/c1-23-20(24)15-3-2-13(10-15)12-27(25,26)17-7-4-14(5-8-17)18-9-6-16(21)11-19(18)22/h4-9,11,13,15H,2-3,10,12H2,1H3,(H,23,24). The molecule has 0 aliphatic heterocycles. The van der Waals surface area contributed by atoms with E-state index < -0.39 is 21.5 Å². The Bertz CT molecular complexity index is 942. The lowest BCUT2D eigenvalue weighted by atomic mass is 10.1. The highest BCUT2D eigenvalue weighted by atomic mass is 32.2. The van der Waals surface area contributed by atoms with Gasteiger partial charge in [0.2, 0.25) is 5.91 Å². The van der Waals surface area contributed by atoms with Crippen molar-refractivity contribution in [2.24, 2.45) is 11.8 Å². The molecule has 0 spiro atoms. The van der Waals surface area contributed by atoms with E-state index in [1.807, 2.05) is 0 Å². The number of halogens is 2. The maximum atomic E-state index is 13.9. The Balaban J connectivity index is 1.73. The van der Waals surface area contributed by atoms with Gasteiger partial charge in [-0.15, -0.1) is 0 Å². The molecular weight excluding hydrogens is 372 g/mol. The number of carbonyl (C=O) groups is 1. The maximum Gasteiger partial charge on any atom is 0.222 e. The Kier molecular flexibility index (Phi) is 5.60. The SMILES string of the molecule is CNC(=O)C1CCC(CS(=O)(=O)c2ccc(-c3ccc(F)cc3F)cc2)C1. The van der Waals surface area contributed by atoms with Gasteiger partial charge in [-0.3, -0.25) is 4.79 Å². The molecule has 144 valence electrons. The van der Waals surface area contributed by atoms with Crippen molar-refractivity contribution in [3.63, 3.8) is 0 Å². The molecule has 3 rings (SSSR count). The summed E-state index contributed by atoms with van der Waals surface area (Å²) in [5.74, 6) is -1.59. The molecule has 4 nitrogen and oxygen atoms in total. The van der Waals surface area contributed by atoms with Crippen molar-refractivity contribution in [1.29, 1.82) is 0 Å². The highest BCUT2D eigenvalue weighted by molar-refractivity contribution is 7.91. The van der Waals surface area contributed by atoms with E-state index >= 15 is 0 Å². The Hall–Kier alpha value is -2.28. The Morgan fingerprint density at radius 3 is 2.44 bits per heavy atom. The van der Waals surface area contributed by atoms with Crippen molar-refractivity contribution >= 4 is 15.7 Å². The van der Waals surface area contributed by atoms with E-state index in [0.29, 0.717) is 24.8 Å². The first-order valence-electron chi connectivity index (χ1n) is 8.80. The lowest BCUT2D eigenvalue weighted by molar-refractivity contribution is -0.124. The number of nitrogens with one attached hydrogen (secondary N) is 1. The van der Waals surface area contributed by atoms with Gasteiger partial charge in [-0.05, 0) is 55.0 Å². The van der Waals surface area contributed by atoms with Crippen molar-refractivity contribution in [1.82, 2.24) is 5.32 Å². The van der Waals surface area contributed by atoms with Gasteiger partial charge < -0.3 is 5.32 Å². The molecule has 1 N–H and O–H groups in total. The molecule has 2 aromatic rings. The molecule has 1 saturated carbocycles. The van der Waals surface area contributed by atoms with Crippen LogP contribution in [-0.2, 0) is 14.6 Å². The van der Waals surface area contributed by atoms with E-state index in [9.17, 15) is 22.0 Å². The van der Waals surface area contributed by atoms with Gasteiger partial charge >= 0.3 is 0 Å². The van der Waals surface area contributed by atoms with Crippen LogP contribution in [0.1, 0.15) is 19.3 Å². The summed E-state index contributed by atoms with van der Waals surface area (Å²) in [5.41, 5.74) is 0.691. The summed E-state index contributed by atoms with van der Waals surface area (Å²) in [4.78, 5) is 11.9. The molecule has 2 atom stereocenters. The van der Waals surface area contributed by atoms with Gasteiger partial charge in [-0.25, -0.2) is 17.2 Å². The maximum absolute atomic E-state index is 13.9. The summed E-state index contributed by atoms with van der Waals surface area (Å²) in [5, 5.41) is 2.61. The highest BCUT2D eigenvalue weighted by Crippen LogP contribution is 2.33. The number of amides is 1. The highest BCUT2D eigenvalue weighted by Gasteiger charge is 2.32. The molecule has 1 aliphatic carbocycles. The van der Waals surface area contributed by atoms with Crippen molar-refractivity contribution in [2.45, 2.75) is 24.2 Å². The quantitative estimate of drug-likeness (QED) is 0.845. The van der Waals surface area contributed by atoms with Crippen LogP contribution in [0.25, 0.3) is 11.1 Å². The smallest absolute Gasteiger partial charge is 0.222 e. The molecule has 1 aliphatic rings. The van der Waals surface area contributed by atoms with Crippen molar-refractivity contribution < 1.29 is 22.0 Å². The summed E-state index contributed by atoms with van der Waals surface area (Å²) >= 11 is 0. The number of rotatable bonds is 5. The van der Waals surface area contributed by atoms with E-state index in [0.717, 1.165) is 12.1 Å². The van der Waals surface area contributed by atoms with Gasteiger partial charge in [0, 0.05) is 24.6 Å². The third kappa shape index (κ3) is 4.35. The Labute approximate surface area is 157 Å². The number of carbonyl (C=O) groups excluding carboxylic acids is 1. The van der Waals surface area contributed by atoms with Crippen LogP contribution in [0.2, 0.25) is 0 Å². The van der Waals surface area contributed by atoms with E-state index in [1.54, 1.807) is 7.05 Å². The minimum Gasteiger partial charge on any atom is -0.359 e. The summed E-state index contributed by atoms with van der Waals surface area (Å²) < 4.78 is 52.3. The molecule has 1 fully saturated rings. The molecule has 0 radical (unpaired) electrons. The van der Waals surface area contributed by atoms with Crippen LogP contribution in [0.5, 0.6) is 0 Å². The predicted molar refractivity (Wildman–Crippen MR) is 98.7 cm³/mol. The lowest BCUT2D eigenvalue weighted by Crippen LogP contribution is -2.26. The molecule has 2 unspecified atom stereocenters. The topological polar surface area (TPSA) is 63.2 Å². The number of hydrogen-bond donors (Lipinski definition) is 1. The molecule has 1 amide bonds. The van der Waals surface area contributed by atoms with Crippen LogP contribution in [0.15, 0.2) is 47.4 Å². The number of hydrogen-bond acceptors (Lipinski definition) is 3. The lowest BCUT2D eigenvalue weighted by Gasteiger charge is -2.12. The zero-order chi connectivity index (χ0) is 19.6. The first-order chi connectivity index (χ1) is 12.8. The monoisotopic (exact) mass is 393 g/mol. The van der Waals surface area contributed by atoms with Gasteiger partial charge in [0.05, 0.1) is 10.6 Å². The Morgan fingerprint density at radius 1 is 1.11 bits per heavy atom. The second-order valence-electron chi connectivity index (χ2n) is 6.92. The van der Waals surface area contributed by atoms with Crippen LogP contribution in [0.3, 0.4) is 0 Å². The first-order valence-corrected chi connectivity index (χ1v) is 10.4. The normalized spacial score (nSPS) is 19.8. The Morgan fingerprint density at radius 2 is 1.81 bits per heavy atom. The van der Waals surface area contributed by atoms with Crippen LogP contribution in [0, 0.1) is 23.5 Å². The van der Waals surface area contributed by atoms with Gasteiger partial charge in [0.15, 0.2) is 9.84 Å². The minimum absolute atomic E-state index is 0.00918. The number of benzene rings is 2. The molecule has 27 heavy (non-hydrogen) atoms. The molecule has 0 heterocycles. The summed E-state index contributed by atoms with van der Waals surface area (Å²) in [6.07, 6.45) is 1.97. The molecule has 2 aromatic carbocycles. The summed E-state index contributed by atoms with van der Waals surface area (Å²) in [6.45, 7) is 0. The second-order valence-corrected chi connectivity index (χ2v) is 8.95. The second kappa shape index (κ2) is 7.76. The molecule has 0 bridgehead atoms. The molecule has 0 aromatic heterocycles. The molecule has 7 heteroatoms. The van der Waals surface area contributed by atoms with E-state index in [2.05, 4.69) is 5.32 Å². The van der Waals surface area contributed by atoms with Gasteiger partial charge in [-0.1, -0.05) is 12.1 Å². The number of sulfone groups is 1. The van der Waals surface area contributed by atoms with Gasteiger partial charge in [0.1, 0.15) is 11.6 Å². The fraction of sp³-hybridized carbons (Fsp3) is 0.350. The zero-order valence-corrected chi connectivity index (χ0v) is 15.7. The van der Waals surface area contributed by atoms with E-state index in [-0.39, 0.29) is 34.0 Å². The predicted octanol–water partition coefficient (Wildman–Crippen LogP) is 3.57. The largest absolute Gasteiger partial charge is 0.359 e. The van der Waals surface area contributed by atoms with Crippen LogP contribution < -0.4 is 5.32 Å². The summed E-state index contributed by atoms with van der Waals surface area (Å²) in [7, 11) is -1.92. The first kappa shape index (κ1) is 19.5. The van der Waals surface area contributed by atoms with Gasteiger partial charge in [0.25, 0.3) is 0 Å². The fourth-order valence-corrected chi connectivity index (χ4v) is 5.31. The molecule has 0 saturated heterocycles.